The van der Waals surface area contributed by atoms with Gasteiger partial charge in [0, 0.05) is 23.4 Å². The lowest BCUT2D eigenvalue weighted by Gasteiger charge is -2.26. The molecule has 3 nitrogen and oxygen atoms in total. The Bertz CT molecular complexity index is 611. The number of thiophene rings is 1. The molecule has 1 aromatic carbocycles. The fourth-order valence-electron chi connectivity index (χ4n) is 2.22. The maximum atomic E-state index is 13.8. The molecule has 1 heterocycles. The van der Waals surface area contributed by atoms with Crippen molar-refractivity contribution in [1.29, 1.82) is 0 Å². The number of amides is 2. The standard InChI is InChI=1S/C17H21FN2OS/c1-17(2,14-7-3-4-8-15(14)18)12-20-16(21)19-10-9-13-6-5-11-22-13/h3-8,11H,9-10,12H2,1-2H3,(H2,19,20,21). The lowest BCUT2D eigenvalue weighted by Crippen LogP contribution is -2.43. The molecule has 0 unspecified atom stereocenters. The molecule has 2 amide bonds. The number of carbonyl (C=O) groups is 1. The number of urea groups is 1. The van der Waals surface area contributed by atoms with E-state index >= 15 is 0 Å². The van der Waals surface area contributed by atoms with Crippen molar-refractivity contribution < 1.29 is 9.18 Å². The molecule has 2 rings (SSSR count). The maximum Gasteiger partial charge on any atom is 0.314 e. The summed E-state index contributed by atoms with van der Waals surface area (Å²) in [6.07, 6.45) is 0.821. The highest BCUT2D eigenvalue weighted by molar-refractivity contribution is 7.09. The van der Waals surface area contributed by atoms with Crippen molar-refractivity contribution in [2.75, 3.05) is 13.1 Å². The van der Waals surface area contributed by atoms with Gasteiger partial charge in [-0.2, -0.15) is 0 Å². The minimum absolute atomic E-state index is 0.221. The Hall–Kier alpha value is -1.88. The van der Waals surface area contributed by atoms with E-state index in [0.717, 1.165) is 6.42 Å². The highest BCUT2D eigenvalue weighted by atomic mass is 32.1. The molecule has 0 spiro atoms. The largest absolute Gasteiger partial charge is 0.338 e. The molecule has 0 bridgehead atoms. The van der Waals surface area contributed by atoms with E-state index in [4.69, 9.17) is 0 Å². The van der Waals surface area contributed by atoms with Crippen LogP contribution in [0.5, 0.6) is 0 Å². The van der Waals surface area contributed by atoms with Crippen LogP contribution in [-0.2, 0) is 11.8 Å². The Labute approximate surface area is 134 Å². The molecule has 118 valence electrons. The summed E-state index contributed by atoms with van der Waals surface area (Å²) in [5, 5.41) is 7.66. The van der Waals surface area contributed by atoms with E-state index in [1.54, 1.807) is 29.5 Å². The number of carbonyl (C=O) groups excluding carboxylic acids is 1. The average molecular weight is 320 g/mol. The van der Waals surface area contributed by atoms with E-state index < -0.39 is 5.41 Å². The van der Waals surface area contributed by atoms with Gasteiger partial charge in [0.25, 0.3) is 0 Å². The van der Waals surface area contributed by atoms with Crippen molar-refractivity contribution in [2.24, 2.45) is 0 Å². The first kappa shape index (κ1) is 16.5. The van der Waals surface area contributed by atoms with Crippen LogP contribution < -0.4 is 10.6 Å². The molecule has 2 aromatic rings. The van der Waals surface area contributed by atoms with Crippen LogP contribution >= 0.6 is 11.3 Å². The zero-order valence-electron chi connectivity index (χ0n) is 12.9. The van der Waals surface area contributed by atoms with Crippen LogP contribution in [0, 0.1) is 5.82 Å². The summed E-state index contributed by atoms with van der Waals surface area (Å²) in [4.78, 5) is 13.1. The summed E-state index contributed by atoms with van der Waals surface area (Å²) in [6, 6.07) is 10.5. The summed E-state index contributed by atoms with van der Waals surface area (Å²) in [5.74, 6) is -0.243. The Kier molecular flexibility index (Phi) is 5.55. The molecule has 0 saturated heterocycles. The van der Waals surface area contributed by atoms with Crippen molar-refractivity contribution in [2.45, 2.75) is 25.7 Å². The van der Waals surface area contributed by atoms with E-state index in [-0.39, 0.29) is 11.8 Å². The quantitative estimate of drug-likeness (QED) is 0.837. The minimum atomic E-state index is -0.462. The van der Waals surface area contributed by atoms with Gasteiger partial charge in [-0.3, -0.25) is 0 Å². The maximum absolute atomic E-state index is 13.8. The molecule has 0 saturated carbocycles. The predicted molar refractivity (Wildman–Crippen MR) is 88.9 cm³/mol. The molecule has 0 radical (unpaired) electrons. The Morgan fingerprint density at radius 3 is 2.64 bits per heavy atom. The summed E-state index contributed by atoms with van der Waals surface area (Å²) in [6.45, 7) is 4.79. The number of nitrogens with one attached hydrogen (secondary N) is 2. The minimum Gasteiger partial charge on any atom is -0.338 e. The monoisotopic (exact) mass is 320 g/mol. The van der Waals surface area contributed by atoms with Crippen LogP contribution in [0.2, 0.25) is 0 Å². The molecule has 0 aliphatic carbocycles. The van der Waals surface area contributed by atoms with Crippen LogP contribution in [-0.4, -0.2) is 19.1 Å². The molecule has 5 heteroatoms. The van der Waals surface area contributed by atoms with E-state index in [2.05, 4.69) is 10.6 Å². The average Bonchev–Trinajstić information content (AvgIpc) is 2.99. The van der Waals surface area contributed by atoms with Gasteiger partial charge in [0.05, 0.1) is 0 Å². The highest BCUT2D eigenvalue weighted by Crippen LogP contribution is 2.24. The van der Waals surface area contributed by atoms with Gasteiger partial charge in [0.1, 0.15) is 5.82 Å². The van der Waals surface area contributed by atoms with Crippen LogP contribution in [0.4, 0.5) is 9.18 Å². The third-order valence-corrected chi connectivity index (χ3v) is 4.47. The molecular formula is C17H21FN2OS. The normalized spacial score (nSPS) is 11.2. The van der Waals surface area contributed by atoms with Crippen LogP contribution in [0.1, 0.15) is 24.3 Å². The summed E-state index contributed by atoms with van der Waals surface area (Å²) < 4.78 is 13.8. The molecule has 1 aromatic heterocycles. The molecular weight excluding hydrogens is 299 g/mol. The molecule has 0 aliphatic rings. The van der Waals surface area contributed by atoms with Gasteiger partial charge in [-0.25, -0.2) is 9.18 Å². The lowest BCUT2D eigenvalue weighted by atomic mass is 9.84. The molecule has 2 N–H and O–H groups in total. The third kappa shape index (κ3) is 4.56. The van der Waals surface area contributed by atoms with E-state index in [0.29, 0.717) is 18.7 Å². The summed E-state index contributed by atoms with van der Waals surface area (Å²) in [7, 11) is 0. The first-order chi connectivity index (χ1) is 10.5. The zero-order chi connectivity index (χ0) is 16.0. The second kappa shape index (κ2) is 7.40. The topological polar surface area (TPSA) is 41.1 Å². The second-order valence-corrected chi connectivity index (χ2v) is 6.83. The Balaban J connectivity index is 1.78. The van der Waals surface area contributed by atoms with Crippen molar-refractivity contribution in [3.05, 3.63) is 58.0 Å². The third-order valence-electron chi connectivity index (χ3n) is 3.53. The van der Waals surface area contributed by atoms with Gasteiger partial charge in [-0.05, 0) is 29.5 Å². The molecule has 0 aliphatic heterocycles. The van der Waals surface area contributed by atoms with Gasteiger partial charge in [-0.1, -0.05) is 38.1 Å². The first-order valence-corrected chi connectivity index (χ1v) is 8.16. The van der Waals surface area contributed by atoms with Gasteiger partial charge in [-0.15, -0.1) is 11.3 Å². The summed E-state index contributed by atoms with van der Waals surface area (Å²) in [5.41, 5.74) is 0.144. The first-order valence-electron chi connectivity index (χ1n) is 7.28. The zero-order valence-corrected chi connectivity index (χ0v) is 13.7. The highest BCUT2D eigenvalue weighted by Gasteiger charge is 2.24. The smallest absolute Gasteiger partial charge is 0.314 e. The van der Waals surface area contributed by atoms with E-state index in [1.165, 1.54) is 10.9 Å². The fourth-order valence-corrected chi connectivity index (χ4v) is 2.93. The van der Waals surface area contributed by atoms with Gasteiger partial charge in [0.15, 0.2) is 0 Å². The molecule has 0 atom stereocenters. The number of rotatable bonds is 6. The number of hydrogen-bond donors (Lipinski definition) is 2. The fraction of sp³-hybridized carbons (Fsp3) is 0.353. The summed E-state index contributed by atoms with van der Waals surface area (Å²) >= 11 is 1.68. The van der Waals surface area contributed by atoms with Crippen LogP contribution in [0.15, 0.2) is 41.8 Å². The predicted octanol–water partition coefficient (Wildman–Crippen LogP) is 3.71. The van der Waals surface area contributed by atoms with Gasteiger partial charge >= 0.3 is 6.03 Å². The van der Waals surface area contributed by atoms with Crippen molar-refractivity contribution in [3.8, 4) is 0 Å². The Morgan fingerprint density at radius 2 is 1.95 bits per heavy atom. The van der Waals surface area contributed by atoms with Crippen LogP contribution in [0.25, 0.3) is 0 Å². The lowest BCUT2D eigenvalue weighted by molar-refractivity contribution is 0.238. The van der Waals surface area contributed by atoms with Crippen molar-refractivity contribution in [1.82, 2.24) is 10.6 Å². The number of halogens is 1. The second-order valence-electron chi connectivity index (χ2n) is 5.80. The van der Waals surface area contributed by atoms with Crippen molar-refractivity contribution in [3.63, 3.8) is 0 Å². The molecule has 0 fully saturated rings. The molecule has 22 heavy (non-hydrogen) atoms. The van der Waals surface area contributed by atoms with Crippen molar-refractivity contribution >= 4 is 17.4 Å². The van der Waals surface area contributed by atoms with E-state index in [1.807, 2.05) is 31.4 Å². The van der Waals surface area contributed by atoms with Crippen LogP contribution in [0.3, 0.4) is 0 Å². The Morgan fingerprint density at radius 1 is 1.18 bits per heavy atom. The van der Waals surface area contributed by atoms with Gasteiger partial charge < -0.3 is 10.6 Å². The number of hydrogen-bond acceptors (Lipinski definition) is 2. The van der Waals surface area contributed by atoms with E-state index in [9.17, 15) is 9.18 Å². The number of benzene rings is 1. The SMILES string of the molecule is CC(C)(CNC(=O)NCCc1cccs1)c1ccccc1F. The van der Waals surface area contributed by atoms with Gasteiger partial charge in [0.2, 0.25) is 0 Å².